The van der Waals surface area contributed by atoms with Gasteiger partial charge >= 0.3 is 5.63 Å². The van der Waals surface area contributed by atoms with Gasteiger partial charge in [0.2, 0.25) is 5.89 Å². The number of oxazole rings is 1. The topological polar surface area (TPSA) is 85.3 Å². The molecule has 1 amide bonds. The minimum Gasteiger partial charge on any atom is -0.436 e. The average Bonchev–Trinajstić information content (AvgIpc) is 3.32. The highest BCUT2D eigenvalue weighted by molar-refractivity contribution is 6.04. The van der Waals surface area contributed by atoms with Crippen LogP contribution in [0.4, 0.5) is 5.69 Å². The van der Waals surface area contributed by atoms with E-state index < -0.39 is 5.63 Å². The second-order valence-electron chi connectivity index (χ2n) is 8.58. The lowest BCUT2D eigenvalue weighted by Crippen LogP contribution is -2.11. The molecule has 6 nitrogen and oxygen atoms in total. The van der Waals surface area contributed by atoms with Gasteiger partial charge in [-0.2, -0.15) is 0 Å². The summed E-state index contributed by atoms with van der Waals surface area (Å²) in [6, 6.07) is 29.2. The van der Waals surface area contributed by atoms with E-state index in [1.54, 1.807) is 36.4 Å². The van der Waals surface area contributed by atoms with Crippen LogP contribution in [-0.2, 0) is 0 Å². The molecule has 6 rings (SSSR count). The summed E-state index contributed by atoms with van der Waals surface area (Å²) in [5, 5.41) is 3.73. The number of aromatic nitrogens is 1. The quantitative estimate of drug-likeness (QED) is 0.284. The van der Waals surface area contributed by atoms with Crippen molar-refractivity contribution in [1.82, 2.24) is 4.98 Å². The molecule has 0 saturated heterocycles. The normalized spacial score (nSPS) is 11.1. The number of aryl methyl sites for hydroxylation is 1. The van der Waals surface area contributed by atoms with Crippen molar-refractivity contribution in [2.45, 2.75) is 6.92 Å². The molecule has 1 N–H and O–H groups in total. The summed E-state index contributed by atoms with van der Waals surface area (Å²) < 4.78 is 11.3. The molecular weight excluding hydrogens is 452 g/mol. The maximum Gasteiger partial charge on any atom is 0.344 e. The van der Waals surface area contributed by atoms with Crippen LogP contribution < -0.4 is 10.9 Å². The number of hydrogen-bond donors (Lipinski definition) is 1. The SMILES string of the molecule is Cc1ccc2nc(-c3ccc(NC(=O)c4ccc(-c5cc6ccccc6oc5=O)cc4)cc3)oc2c1. The molecule has 6 aromatic rings. The monoisotopic (exact) mass is 472 g/mol. The smallest absolute Gasteiger partial charge is 0.344 e. The van der Waals surface area contributed by atoms with E-state index in [0.717, 1.165) is 27.6 Å². The van der Waals surface area contributed by atoms with E-state index in [9.17, 15) is 9.59 Å². The largest absolute Gasteiger partial charge is 0.436 e. The number of para-hydroxylation sites is 1. The zero-order chi connectivity index (χ0) is 24.6. The molecule has 0 atom stereocenters. The number of carbonyl (C=O) groups excluding carboxylic acids is 1. The molecular formula is C30H20N2O4. The van der Waals surface area contributed by atoms with Crippen LogP contribution in [0.15, 0.2) is 111 Å². The Bertz CT molecular complexity index is 1800. The summed E-state index contributed by atoms with van der Waals surface area (Å²) in [4.78, 5) is 29.8. The lowest BCUT2D eigenvalue weighted by molar-refractivity contribution is 0.102. The standard InChI is InChI=1S/C30H20N2O4/c1-18-6-15-25-27(16-18)35-29(32-25)21-11-13-23(14-12-21)31-28(33)20-9-7-19(8-10-20)24-17-22-4-2-3-5-26(22)36-30(24)34/h2-17H,1H3,(H,31,33). The molecule has 0 aliphatic rings. The van der Waals surface area contributed by atoms with Gasteiger partial charge in [-0.1, -0.05) is 36.4 Å². The maximum atomic E-state index is 12.8. The van der Waals surface area contributed by atoms with Crippen LogP contribution in [0.3, 0.4) is 0 Å². The molecule has 2 heterocycles. The first-order valence-corrected chi connectivity index (χ1v) is 11.5. The Morgan fingerprint density at radius 1 is 0.778 bits per heavy atom. The number of carbonyl (C=O) groups is 1. The van der Waals surface area contributed by atoms with E-state index >= 15 is 0 Å². The molecule has 6 heteroatoms. The summed E-state index contributed by atoms with van der Waals surface area (Å²) in [7, 11) is 0. The van der Waals surface area contributed by atoms with E-state index in [1.165, 1.54) is 0 Å². The predicted molar refractivity (Wildman–Crippen MR) is 140 cm³/mol. The third-order valence-corrected chi connectivity index (χ3v) is 6.03. The predicted octanol–water partition coefficient (Wildman–Crippen LogP) is 6.83. The Labute approximate surface area is 205 Å². The summed E-state index contributed by atoms with van der Waals surface area (Å²) >= 11 is 0. The highest BCUT2D eigenvalue weighted by Crippen LogP contribution is 2.26. The summed E-state index contributed by atoms with van der Waals surface area (Å²) in [5.74, 6) is 0.277. The second-order valence-corrected chi connectivity index (χ2v) is 8.58. The number of nitrogens with zero attached hydrogens (tertiary/aromatic N) is 1. The number of nitrogens with one attached hydrogen (secondary N) is 1. The molecule has 0 spiro atoms. The Morgan fingerprint density at radius 3 is 2.33 bits per heavy atom. The molecule has 36 heavy (non-hydrogen) atoms. The molecule has 0 aliphatic carbocycles. The van der Waals surface area contributed by atoms with Crippen molar-refractivity contribution in [3.05, 3.63) is 119 Å². The van der Waals surface area contributed by atoms with Gasteiger partial charge in [-0.3, -0.25) is 4.79 Å². The molecule has 2 aromatic heterocycles. The molecule has 0 aliphatic heterocycles. The van der Waals surface area contributed by atoms with E-state index in [2.05, 4.69) is 10.3 Å². The van der Waals surface area contributed by atoms with Crippen LogP contribution in [0.25, 0.3) is 44.7 Å². The number of hydrogen-bond acceptors (Lipinski definition) is 5. The van der Waals surface area contributed by atoms with Crippen molar-refractivity contribution in [3.8, 4) is 22.6 Å². The first-order valence-electron chi connectivity index (χ1n) is 11.5. The third kappa shape index (κ3) is 4.05. The highest BCUT2D eigenvalue weighted by Gasteiger charge is 2.12. The highest BCUT2D eigenvalue weighted by atomic mass is 16.4. The summed E-state index contributed by atoms with van der Waals surface area (Å²) in [6.45, 7) is 2.01. The Kier molecular flexibility index (Phi) is 5.19. The van der Waals surface area contributed by atoms with Gasteiger partial charge in [0.1, 0.15) is 11.1 Å². The van der Waals surface area contributed by atoms with Gasteiger partial charge in [-0.25, -0.2) is 9.78 Å². The number of benzene rings is 4. The van der Waals surface area contributed by atoms with E-state index in [1.807, 2.05) is 67.6 Å². The first-order chi connectivity index (χ1) is 17.5. The van der Waals surface area contributed by atoms with Crippen molar-refractivity contribution in [2.24, 2.45) is 0 Å². The summed E-state index contributed by atoms with van der Waals surface area (Å²) in [6.07, 6.45) is 0. The second kappa shape index (κ2) is 8.67. The third-order valence-electron chi connectivity index (χ3n) is 6.03. The molecule has 4 aromatic carbocycles. The van der Waals surface area contributed by atoms with Crippen molar-refractivity contribution in [2.75, 3.05) is 5.32 Å². The molecule has 0 fully saturated rings. The Morgan fingerprint density at radius 2 is 1.53 bits per heavy atom. The van der Waals surface area contributed by atoms with Crippen molar-refractivity contribution in [3.63, 3.8) is 0 Å². The van der Waals surface area contributed by atoms with Gasteiger partial charge in [0, 0.05) is 22.2 Å². The van der Waals surface area contributed by atoms with Crippen molar-refractivity contribution < 1.29 is 13.6 Å². The molecule has 0 unspecified atom stereocenters. The fourth-order valence-electron chi connectivity index (χ4n) is 4.12. The van der Waals surface area contributed by atoms with Crippen LogP contribution in [0.2, 0.25) is 0 Å². The molecule has 174 valence electrons. The van der Waals surface area contributed by atoms with Crippen LogP contribution in [0, 0.1) is 6.92 Å². The zero-order valence-corrected chi connectivity index (χ0v) is 19.3. The number of rotatable bonds is 4. The first kappa shape index (κ1) is 21.6. The van der Waals surface area contributed by atoms with Crippen LogP contribution in [0.5, 0.6) is 0 Å². The lowest BCUT2D eigenvalue weighted by atomic mass is 10.0. The Hall–Kier alpha value is -4.97. The number of amides is 1. The van der Waals surface area contributed by atoms with E-state index in [4.69, 9.17) is 8.83 Å². The number of anilines is 1. The fourth-order valence-corrected chi connectivity index (χ4v) is 4.12. The van der Waals surface area contributed by atoms with Gasteiger partial charge in [0.15, 0.2) is 5.58 Å². The van der Waals surface area contributed by atoms with Crippen LogP contribution in [-0.4, -0.2) is 10.9 Å². The minimum atomic E-state index is -0.417. The fraction of sp³-hybridized carbons (Fsp3) is 0.0333. The lowest BCUT2D eigenvalue weighted by Gasteiger charge is -2.07. The van der Waals surface area contributed by atoms with Crippen molar-refractivity contribution >= 4 is 33.7 Å². The van der Waals surface area contributed by atoms with Gasteiger partial charge in [0.25, 0.3) is 5.91 Å². The van der Waals surface area contributed by atoms with E-state index in [-0.39, 0.29) is 5.91 Å². The average molecular weight is 473 g/mol. The van der Waals surface area contributed by atoms with Crippen molar-refractivity contribution in [1.29, 1.82) is 0 Å². The molecule has 0 saturated carbocycles. The van der Waals surface area contributed by atoms with Gasteiger partial charge in [-0.15, -0.1) is 0 Å². The molecule has 0 radical (unpaired) electrons. The minimum absolute atomic E-state index is 0.253. The van der Waals surface area contributed by atoms with Crippen LogP contribution in [0.1, 0.15) is 15.9 Å². The zero-order valence-electron chi connectivity index (χ0n) is 19.3. The van der Waals surface area contributed by atoms with Gasteiger partial charge in [0.05, 0.1) is 5.56 Å². The molecule has 0 bridgehead atoms. The van der Waals surface area contributed by atoms with Gasteiger partial charge in [-0.05, 0) is 78.7 Å². The van der Waals surface area contributed by atoms with Crippen LogP contribution >= 0.6 is 0 Å². The summed E-state index contributed by atoms with van der Waals surface area (Å²) in [5.41, 5.74) is 5.86. The number of fused-ring (bicyclic) bond motifs is 2. The van der Waals surface area contributed by atoms with Gasteiger partial charge < -0.3 is 14.2 Å². The maximum absolute atomic E-state index is 12.8. The van der Waals surface area contributed by atoms with E-state index in [0.29, 0.717) is 33.9 Å². The Balaban J connectivity index is 1.19.